The van der Waals surface area contributed by atoms with Gasteiger partial charge in [0.25, 0.3) is 5.91 Å². The summed E-state index contributed by atoms with van der Waals surface area (Å²) in [7, 11) is 1.71. The number of carbonyl (C=O) groups is 1. The fourth-order valence-electron chi connectivity index (χ4n) is 1.99. The molecule has 0 fully saturated rings. The van der Waals surface area contributed by atoms with Gasteiger partial charge in [-0.1, -0.05) is 6.07 Å². The van der Waals surface area contributed by atoms with Crippen LogP contribution in [-0.4, -0.2) is 39.8 Å². The molecule has 1 aliphatic rings. The van der Waals surface area contributed by atoms with Crippen molar-refractivity contribution in [3.05, 3.63) is 35.4 Å². The van der Waals surface area contributed by atoms with E-state index < -0.39 is 0 Å². The van der Waals surface area contributed by atoms with E-state index in [9.17, 15) is 4.79 Å². The van der Waals surface area contributed by atoms with Crippen molar-refractivity contribution < 1.29 is 14.3 Å². The van der Waals surface area contributed by atoms with Crippen molar-refractivity contribution in [2.75, 3.05) is 13.8 Å². The highest BCUT2D eigenvalue weighted by Crippen LogP contribution is 2.32. The van der Waals surface area contributed by atoms with E-state index in [1.165, 1.54) is 0 Å². The molecule has 20 heavy (non-hydrogen) atoms. The van der Waals surface area contributed by atoms with Gasteiger partial charge < -0.3 is 14.4 Å². The van der Waals surface area contributed by atoms with Crippen LogP contribution in [0.15, 0.2) is 18.2 Å². The number of H-pyrrole nitrogens is 1. The molecule has 1 amide bonds. The lowest BCUT2D eigenvalue weighted by atomic mass is 10.2. The molecule has 1 aromatic carbocycles. The van der Waals surface area contributed by atoms with E-state index in [4.69, 9.17) is 9.47 Å². The molecule has 1 N–H and O–H groups in total. The van der Waals surface area contributed by atoms with Gasteiger partial charge in [-0.05, 0) is 24.6 Å². The summed E-state index contributed by atoms with van der Waals surface area (Å²) in [4.78, 5) is 17.7. The van der Waals surface area contributed by atoms with E-state index in [0.29, 0.717) is 18.1 Å². The third-order valence-corrected chi connectivity index (χ3v) is 2.99. The maximum atomic E-state index is 12.1. The Bertz CT molecular complexity index is 653. The van der Waals surface area contributed by atoms with Crippen LogP contribution in [0.1, 0.15) is 22.0 Å². The summed E-state index contributed by atoms with van der Waals surface area (Å²) in [6.07, 6.45) is 0. The minimum Gasteiger partial charge on any atom is -0.454 e. The van der Waals surface area contributed by atoms with Gasteiger partial charge in [-0.2, -0.15) is 0 Å². The second-order valence-electron chi connectivity index (χ2n) is 4.59. The third kappa shape index (κ3) is 2.29. The van der Waals surface area contributed by atoms with Crippen LogP contribution in [0, 0.1) is 6.92 Å². The molecule has 2 heterocycles. The SMILES string of the molecule is Cc1nc(C(=O)N(C)Cc2ccc3c(c2)OCO3)n[nH]1. The first-order valence-electron chi connectivity index (χ1n) is 6.16. The molecule has 3 rings (SSSR count). The Morgan fingerprint density at radius 2 is 2.20 bits per heavy atom. The summed E-state index contributed by atoms with van der Waals surface area (Å²) in [5.41, 5.74) is 0.956. The number of benzene rings is 1. The first-order chi connectivity index (χ1) is 9.63. The molecule has 0 unspecified atom stereocenters. The quantitative estimate of drug-likeness (QED) is 0.907. The minimum atomic E-state index is -0.230. The first-order valence-corrected chi connectivity index (χ1v) is 6.16. The van der Waals surface area contributed by atoms with Crippen LogP contribution in [0.5, 0.6) is 11.5 Å². The Morgan fingerprint density at radius 3 is 2.95 bits per heavy atom. The van der Waals surface area contributed by atoms with Crippen LogP contribution in [0.25, 0.3) is 0 Å². The zero-order valence-corrected chi connectivity index (χ0v) is 11.2. The zero-order chi connectivity index (χ0) is 14.1. The molecule has 0 saturated carbocycles. The lowest BCUT2D eigenvalue weighted by Crippen LogP contribution is -2.27. The molecule has 0 atom stereocenters. The number of nitrogens with one attached hydrogen (secondary N) is 1. The number of ether oxygens (including phenoxy) is 2. The van der Waals surface area contributed by atoms with E-state index in [0.717, 1.165) is 11.3 Å². The smallest absolute Gasteiger partial charge is 0.293 e. The molecule has 7 nitrogen and oxygen atoms in total. The number of hydrogen-bond acceptors (Lipinski definition) is 5. The maximum Gasteiger partial charge on any atom is 0.293 e. The molecule has 1 aliphatic heterocycles. The predicted molar refractivity (Wildman–Crippen MR) is 69.5 cm³/mol. The number of aryl methyl sites for hydroxylation is 1. The number of fused-ring (bicyclic) bond motifs is 1. The zero-order valence-electron chi connectivity index (χ0n) is 11.2. The fraction of sp³-hybridized carbons (Fsp3) is 0.308. The van der Waals surface area contributed by atoms with Gasteiger partial charge in [0.1, 0.15) is 5.82 Å². The van der Waals surface area contributed by atoms with Gasteiger partial charge >= 0.3 is 0 Å². The molecular weight excluding hydrogens is 260 g/mol. The molecule has 0 spiro atoms. The third-order valence-electron chi connectivity index (χ3n) is 2.99. The van der Waals surface area contributed by atoms with E-state index >= 15 is 0 Å². The summed E-state index contributed by atoms with van der Waals surface area (Å²) in [6, 6.07) is 5.61. The van der Waals surface area contributed by atoms with Crippen molar-refractivity contribution in [3.63, 3.8) is 0 Å². The van der Waals surface area contributed by atoms with Gasteiger partial charge in [0.2, 0.25) is 12.6 Å². The summed E-state index contributed by atoms with van der Waals surface area (Å²) < 4.78 is 10.6. The highest BCUT2D eigenvalue weighted by molar-refractivity contribution is 5.90. The second-order valence-corrected chi connectivity index (χ2v) is 4.59. The molecule has 0 bridgehead atoms. The minimum absolute atomic E-state index is 0.172. The van der Waals surface area contributed by atoms with Crippen LogP contribution < -0.4 is 9.47 Å². The number of carbonyl (C=O) groups excluding carboxylic acids is 1. The van der Waals surface area contributed by atoms with Crippen molar-refractivity contribution in [1.29, 1.82) is 0 Å². The van der Waals surface area contributed by atoms with Gasteiger partial charge in [-0.25, -0.2) is 4.98 Å². The lowest BCUT2D eigenvalue weighted by Gasteiger charge is -2.15. The largest absolute Gasteiger partial charge is 0.454 e. The van der Waals surface area contributed by atoms with Crippen molar-refractivity contribution in [2.24, 2.45) is 0 Å². The van der Waals surface area contributed by atoms with Gasteiger partial charge in [0.05, 0.1) is 0 Å². The molecule has 0 saturated heterocycles. The van der Waals surface area contributed by atoms with Gasteiger partial charge in [-0.3, -0.25) is 9.89 Å². The normalized spacial score (nSPS) is 12.5. The van der Waals surface area contributed by atoms with Crippen molar-refractivity contribution in [2.45, 2.75) is 13.5 Å². The number of hydrogen-bond donors (Lipinski definition) is 1. The van der Waals surface area contributed by atoms with E-state index in [1.54, 1.807) is 18.9 Å². The Morgan fingerprint density at radius 1 is 1.40 bits per heavy atom. The summed E-state index contributed by atoms with van der Waals surface area (Å²) in [6.45, 7) is 2.44. The van der Waals surface area contributed by atoms with Crippen LogP contribution in [-0.2, 0) is 6.54 Å². The fourth-order valence-corrected chi connectivity index (χ4v) is 1.99. The van der Waals surface area contributed by atoms with Crippen LogP contribution in [0.2, 0.25) is 0 Å². The van der Waals surface area contributed by atoms with Crippen molar-refractivity contribution in [3.8, 4) is 11.5 Å². The first kappa shape index (κ1) is 12.5. The van der Waals surface area contributed by atoms with Gasteiger partial charge in [0.15, 0.2) is 11.5 Å². The summed E-state index contributed by atoms with van der Waals surface area (Å²) in [5, 5.41) is 6.52. The van der Waals surface area contributed by atoms with Gasteiger partial charge in [0, 0.05) is 13.6 Å². The lowest BCUT2D eigenvalue weighted by molar-refractivity contribution is 0.0773. The van der Waals surface area contributed by atoms with Crippen LogP contribution in [0.3, 0.4) is 0 Å². The topological polar surface area (TPSA) is 80.3 Å². The summed E-state index contributed by atoms with van der Waals surface area (Å²) >= 11 is 0. The Kier molecular flexibility index (Phi) is 3.02. The van der Waals surface area contributed by atoms with E-state index in [2.05, 4.69) is 15.2 Å². The van der Waals surface area contributed by atoms with Crippen LogP contribution >= 0.6 is 0 Å². The molecular formula is C13H14N4O3. The predicted octanol–water partition coefficient (Wildman–Crippen LogP) is 1.11. The monoisotopic (exact) mass is 274 g/mol. The molecule has 0 aliphatic carbocycles. The average molecular weight is 274 g/mol. The highest BCUT2D eigenvalue weighted by Gasteiger charge is 2.18. The Labute approximate surface area is 115 Å². The van der Waals surface area contributed by atoms with E-state index in [1.807, 2.05) is 18.2 Å². The highest BCUT2D eigenvalue weighted by atomic mass is 16.7. The van der Waals surface area contributed by atoms with Gasteiger partial charge in [-0.15, -0.1) is 5.10 Å². The number of aromatic nitrogens is 3. The van der Waals surface area contributed by atoms with Crippen molar-refractivity contribution in [1.82, 2.24) is 20.1 Å². The molecule has 7 heteroatoms. The molecule has 2 aromatic rings. The van der Waals surface area contributed by atoms with E-state index in [-0.39, 0.29) is 18.5 Å². The Hall–Kier alpha value is -2.57. The summed E-state index contributed by atoms with van der Waals surface area (Å²) in [5.74, 6) is 1.99. The standard InChI is InChI=1S/C13H14N4O3/c1-8-14-12(16-15-8)13(18)17(2)6-9-3-4-10-11(5-9)20-7-19-10/h3-5H,6-7H2,1-2H3,(H,14,15,16). The Balaban J connectivity index is 1.72. The number of rotatable bonds is 3. The molecule has 1 aromatic heterocycles. The molecule has 104 valence electrons. The molecule has 0 radical (unpaired) electrons. The van der Waals surface area contributed by atoms with Crippen LogP contribution in [0.4, 0.5) is 0 Å². The maximum absolute atomic E-state index is 12.1. The average Bonchev–Trinajstić information content (AvgIpc) is 3.05. The number of nitrogens with zero attached hydrogens (tertiary/aromatic N) is 3. The number of aromatic amines is 1. The second kappa shape index (κ2) is 4.84. The van der Waals surface area contributed by atoms with Crippen molar-refractivity contribution >= 4 is 5.91 Å². The number of amides is 1.